The SMILES string of the molecule is COC(=O)c1ccc2cc(/C=C/CC3CCCC3)ccc2c1. The zero-order valence-electron chi connectivity index (χ0n) is 13.0. The van der Waals surface area contributed by atoms with Crippen LogP contribution in [-0.2, 0) is 4.74 Å². The molecule has 2 nitrogen and oxygen atoms in total. The number of benzene rings is 2. The molecule has 0 atom stereocenters. The first-order valence-electron chi connectivity index (χ1n) is 8.05. The van der Waals surface area contributed by atoms with Crippen molar-refractivity contribution >= 4 is 22.8 Å². The fourth-order valence-corrected chi connectivity index (χ4v) is 3.26. The van der Waals surface area contributed by atoms with Crippen molar-refractivity contribution in [2.45, 2.75) is 32.1 Å². The first-order valence-corrected chi connectivity index (χ1v) is 8.05. The Labute approximate surface area is 131 Å². The van der Waals surface area contributed by atoms with Crippen molar-refractivity contribution < 1.29 is 9.53 Å². The van der Waals surface area contributed by atoms with Gasteiger partial charge in [0.1, 0.15) is 0 Å². The summed E-state index contributed by atoms with van der Waals surface area (Å²) in [5.41, 5.74) is 1.82. The van der Waals surface area contributed by atoms with Crippen molar-refractivity contribution in [3.05, 3.63) is 53.6 Å². The Kier molecular flexibility index (Phi) is 4.57. The number of carbonyl (C=O) groups excluding carboxylic acids is 1. The van der Waals surface area contributed by atoms with E-state index in [1.807, 2.05) is 18.2 Å². The van der Waals surface area contributed by atoms with Gasteiger partial charge in [-0.2, -0.15) is 0 Å². The summed E-state index contributed by atoms with van der Waals surface area (Å²) < 4.78 is 4.76. The van der Waals surface area contributed by atoms with Crippen LogP contribution in [-0.4, -0.2) is 13.1 Å². The number of fused-ring (bicyclic) bond motifs is 1. The number of methoxy groups -OCH3 is 1. The number of hydrogen-bond donors (Lipinski definition) is 0. The molecule has 2 aromatic carbocycles. The molecule has 0 heterocycles. The molecular weight excluding hydrogens is 272 g/mol. The van der Waals surface area contributed by atoms with Crippen LogP contribution in [0.15, 0.2) is 42.5 Å². The number of carbonyl (C=O) groups is 1. The normalized spacial score (nSPS) is 15.7. The second-order valence-corrected chi connectivity index (χ2v) is 6.10. The summed E-state index contributed by atoms with van der Waals surface area (Å²) in [5.74, 6) is 0.599. The van der Waals surface area contributed by atoms with Crippen LogP contribution >= 0.6 is 0 Å². The maximum atomic E-state index is 11.6. The third kappa shape index (κ3) is 3.38. The van der Waals surface area contributed by atoms with Gasteiger partial charge in [0.2, 0.25) is 0 Å². The third-order valence-electron chi connectivity index (χ3n) is 4.54. The molecule has 0 unspecified atom stereocenters. The van der Waals surface area contributed by atoms with Crippen LogP contribution in [0.3, 0.4) is 0 Å². The van der Waals surface area contributed by atoms with E-state index in [1.54, 1.807) is 0 Å². The summed E-state index contributed by atoms with van der Waals surface area (Å²) in [5, 5.41) is 2.21. The quantitative estimate of drug-likeness (QED) is 0.723. The molecular formula is C20H22O2. The van der Waals surface area contributed by atoms with E-state index in [4.69, 9.17) is 4.74 Å². The summed E-state index contributed by atoms with van der Waals surface area (Å²) in [4.78, 5) is 11.6. The van der Waals surface area contributed by atoms with Gasteiger partial charge in [0.05, 0.1) is 12.7 Å². The van der Waals surface area contributed by atoms with Gasteiger partial charge in [0.25, 0.3) is 0 Å². The van der Waals surface area contributed by atoms with Crippen molar-refractivity contribution in [1.29, 1.82) is 0 Å². The molecule has 1 aliphatic carbocycles. The smallest absolute Gasteiger partial charge is 0.337 e. The van der Waals surface area contributed by atoms with Crippen molar-refractivity contribution in [3.63, 3.8) is 0 Å². The van der Waals surface area contributed by atoms with Gasteiger partial charge >= 0.3 is 5.97 Å². The van der Waals surface area contributed by atoms with Crippen LogP contribution in [0, 0.1) is 5.92 Å². The number of allylic oxidation sites excluding steroid dienone is 1. The Morgan fingerprint density at radius 3 is 2.64 bits per heavy atom. The van der Waals surface area contributed by atoms with Crippen LogP contribution in [0.25, 0.3) is 16.8 Å². The predicted octanol–water partition coefficient (Wildman–Crippen LogP) is 5.22. The molecule has 0 bridgehead atoms. The molecule has 114 valence electrons. The summed E-state index contributed by atoms with van der Waals surface area (Å²) in [7, 11) is 1.41. The van der Waals surface area contributed by atoms with E-state index in [1.165, 1.54) is 44.8 Å². The molecule has 0 spiro atoms. The Balaban J connectivity index is 1.75. The minimum absolute atomic E-state index is 0.289. The standard InChI is InChI=1S/C20H22O2/c1-22-20(21)19-12-11-17-13-16(9-10-18(17)14-19)8-4-7-15-5-2-3-6-15/h4,8-15H,2-3,5-7H2,1H3/b8-4+. The zero-order valence-corrected chi connectivity index (χ0v) is 13.0. The van der Waals surface area contributed by atoms with Crippen LogP contribution in [0.4, 0.5) is 0 Å². The largest absolute Gasteiger partial charge is 0.465 e. The Bertz CT molecular complexity index is 694. The van der Waals surface area contributed by atoms with E-state index in [2.05, 4.69) is 30.4 Å². The average Bonchev–Trinajstić information content (AvgIpc) is 3.07. The number of ether oxygens (including phenoxy) is 1. The van der Waals surface area contributed by atoms with Crippen LogP contribution in [0.1, 0.15) is 48.0 Å². The first kappa shape index (κ1) is 14.8. The van der Waals surface area contributed by atoms with Gasteiger partial charge in [-0.15, -0.1) is 0 Å². The highest BCUT2D eigenvalue weighted by Gasteiger charge is 2.12. The highest BCUT2D eigenvalue weighted by atomic mass is 16.5. The van der Waals surface area contributed by atoms with Gasteiger partial charge in [-0.1, -0.05) is 56.0 Å². The van der Waals surface area contributed by atoms with Gasteiger partial charge in [-0.3, -0.25) is 0 Å². The van der Waals surface area contributed by atoms with Gasteiger partial charge in [-0.25, -0.2) is 4.79 Å². The second kappa shape index (κ2) is 6.78. The lowest BCUT2D eigenvalue weighted by Gasteiger charge is -2.05. The van der Waals surface area contributed by atoms with Gasteiger partial charge < -0.3 is 4.74 Å². The fourth-order valence-electron chi connectivity index (χ4n) is 3.26. The highest BCUT2D eigenvalue weighted by molar-refractivity contribution is 5.95. The number of esters is 1. The molecule has 1 fully saturated rings. The molecule has 2 heteroatoms. The molecule has 0 amide bonds. The molecule has 0 aromatic heterocycles. The lowest BCUT2D eigenvalue weighted by molar-refractivity contribution is 0.0601. The zero-order chi connectivity index (χ0) is 15.4. The summed E-state index contributed by atoms with van der Waals surface area (Å²) >= 11 is 0. The molecule has 0 radical (unpaired) electrons. The van der Waals surface area contributed by atoms with Crippen molar-refractivity contribution in [2.24, 2.45) is 5.92 Å². The predicted molar refractivity (Wildman–Crippen MR) is 90.9 cm³/mol. The molecule has 2 aromatic rings. The highest BCUT2D eigenvalue weighted by Crippen LogP contribution is 2.28. The third-order valence-corrected chi connectivity index (χ3v) is 4.54. The van der Waals surface area contributed by atoms with Crippen LogP contribution in [0.5, 0.6) is 0 Å². The second-order valence-electron chi connectivity index (χ2n) is 6.10. The van der Waals surface area contributed by atoms with E-state index in [0.717, 1.165) is 16.7 Å². The van der Waals surface area contributed by atoms with Crippen molar-refractivity contribution in [2.75, 3.05) is 7.11 Å². The Hall–Kier alpha value is -2.09. The van der Waals surface area contributed by atoms with Gasteiger partial charge in [0.15, 0.2) is 0 Å². The van der Waals surface area contributed by atoms with Gasteiger partial charge in [-0.05, 0) is 46.9 Å². The molecule has 0 N–H and O–H groups in total. The molecule has 0 saturated heterocycles. The molecule has 1 aliphatic rings. The van der Waals surface area contributed by atoms with E-state index < -0.39 is 0 Å². The van der Waals surface area contributed by atoms with Gasteiger partial charge in [0, 0.05) is 0 Å². The molecule has 3 rings (SSSR count). The average molecular weight is 294 g/mol. The van der Waals surface area contributed by atoms with Crippen LogP contribution in [0.2, 0.25) is 0 Å². The maximum Gasteiger partial charge on any atom is 0.337 e. The van der Waals surface area contributed by atoms with Crippen molar-refractivity contribution in [3.8, 4) is 0 Å². The molecule has 1 saturated carbocycles. The van der Waals surface area contributed by atoms with E-state index in [9.17, 15) is 4.79 Å². The van der Waals surface area contributed by atoms with E-state index in [-0.39, 0.29) is 5.97 Å². The number of hydrogen-bond acceptors (Lipinski definition) is 2. The maximum absolute atomic E-state index is 11.6. The summed E-state index contributed by atoms with van der Waals surface area (Å²) in [6.45, 7) is 0. The van der Waals surface area contributed by atoms with Crippen molar-refractivity contribution in [1.82, 2.24) is 0 Å². The summed E-state index contributed by atoms with van der Waals surface area (Å²) in [6, 6.07) is 12.0. The lowest BCUT2D eigenvalue weighted by Crippen LogP contribution is -2.00. The Morgan fingerprint density at radius 2 is 1.86 bits per heavy atom. The van der Waals surface area contributed by atoms with Crippen LogP contribution < -0.4 is 0 Å². The number of rotatable bonds is 4. The minimum Gasteiger partial charge on any atom is -0.465 e. The minimum atomic E-state index is -0.289. The monoisotopic (exact) mass is 294 g/mol. The van der Waals surface area contributed by atoms with E-state index >= 15 is 0 Å². The first-order chi connectivity index (χ1) is 10.8. The molecule has 22 heavy (non-hydrogen) atoms. The molecule has 0 aliphatic heterocycles. The lowest BCUT2D eigenvalue weighted by atomic mass is 10.0. The fraction of sp³-hybridized carbons (Fsp3) is 0.350. The summed E-state index contributed by atoms with van der Waals surface area (Å²) in [6.07, 6.45) is 11.3. The van der Waals surface area contributed by atoms with E-state index in [0.29, 0.717) is 5.56 Å². The Morgan fingerprint density at radius 1 is 1.14 bits per heavy atom. The topological polar surface area (TPSA) is 26.3 Å².